The average Bonchev–Trinajstić information content (AvgIpc) is 3.22. The van der Waals surface area contributed by atoms with E-state index in [-0.39, 0.29) is 11.9 Å². The molecule has 2 unspecified atom stereocenters. The second-order valence-electron chi connectivity index (χ2n) is 9.12. The Balaban J connectivity index is 1.54. The molecule has 7 heteroatoms. The first kappa shape index (κ1) is 25.5. The van der Waals surface area contributed by atoms with E-state index in [0.717, 1.165) is 28.9 Å². The molecule has 184 valence electrons. The molecule has 1 heterocycles. The Hall–Kier alpha value is -2.57. The van der Waals surface area contributed by atoms with Crippen LogP contribution >= 0.6 is 23.2 Å². The van der Waals surface area contributed by atoms with Gasteiger partial charge >= 0.3 is 0 Å². The molecule has 2 atom stereocenters. The van der Waals surface area contributed by atoms with Crippen LogP contribution in [0.2, 0.25) is 10.0 Å². The summed E-state index contributed by atoms with van der Waals surface area (Å²) in [6.07, 6.45) is 1.98. The molecule has 0 saturated carbocycles. The third kappa shape index (κ3) is 6.17. The highest BCUT2D eigenvalue weighted by molar-refractivity contribution is 6.31. The maximum Gasteiger partial charge on any atom is 0.238 e. The number of benzene rings is 3. The number of carbonyl (C=O) groups is 1. The topological polar surface area (TPSA) is 67.6 Å². The standard InChI is InChI=1S/C28H31Cl2N3O2/c1-35-25-12-8-21(9-13-25)17-32-24-16-28(27(31)34,15-14-20-6-10-23(29)11-7-20)33(19-24)18-22-4-2-3-5-26(22)30/h2-13,24,32H,14-19H2,1H3,(H2,31,34). The number of halogens is 2. The molecule has 1 amide bonds. The van der Waals surface area contributed by atoms with Crippen LogP contribution in [-0.2, 0) is 24.3 Å². The van der Waals surface area contributed by atoms with Crippen molar-refractivity contribution in [3.05, 3.63) is 99.5 Å². The van der Waals surface area contributed by atoms with Gasteiger partial charge in [0.05, 0.1) is 7.11 Å². The molecule has 1 saturated heterocycles. The molecule has 4 rings (SSSR count). The van der Waals surface area contributed by atoms with Gasteiger partial charge in [-0.15, -0.1) is 0 Å². The summed E-state index contributed by atoms with van der Waals surface area (Å²) < 4.78 is 5.25. The summed E-state index contributed by atoms with van der Waals surface area (Å²) in [4.78, 5) is 15.3. The number of nitrogens with zero attached hydrogens (tertiary/aromatic N) is 1. The Labute approximate surface area is 217 Å². The molecule has 0 bridgehead atoms. The number of ether oxygens (including phenoxy) is 1. The van der Waals surface area contributed by atoms with E-state index in [2.05, 4.69) is 10.2 Å². The van der Waals surface area contributed by atoms with Crippen LogP contribution in [0.1, 0.15) is 29.5 Å². The minimum absolute atomic E-state index is 0.109. The van der Waals surface area contributed by atoms with Crippen molar-refractivity contribution in [2.75, 3.05) is 13.7 Å². The normalized spacial score (nSPS) is 20.1. The van der Waals surface area contributed by atoms with Crippen molar-refractivity contribution < 1.29 is 9.53 Å². The molecule has 1 fully saturated rings. The summed E-state index contributed by atoms with van der Waals surface area (Å²) in [5, 5.41) is 5.03. The van der Waals surface area contributed by atoms with Crippen LogP contribution < -0.4 is 15.8 Å². The van der Waals surface area contributed by atoms with Crippen LogP contribution in [-0.4, -0.2) is 36.0 Å². The summed E-state index contributed by atoms with van der Waals surface area (Å²) in [5.74, 6) is 0.530. The Bertz CT molecular complexity index is 1140. The summed E-state index contributed by atoms with van der Waals surface area (Å²) >= 11 is 12.5. The van der Waals surface area contributed by atoms with E-state index < -0.39 is 5.54 Å². The fraction of sp³-hybridized carbons (Fsp3) is 0.321. The number of amides is 1. The summed E-state index contributed by atoms with van der Waals surface area (Å²) in [5.41, 5.74) is 8.62. The Morgan fingerprint density at radius 2 is 1.74 bits per heavy atom. The zero-order valence-corrected chi connectivity index (χ0v) is 21.4. The molecular formula is C28H31Cl2N3O2. The largest absolute Gasteiger partial charge is 0.497 e. The predicted octanol–water partition coefficient (Wildman–Crippen LogP) is 5.22. The first-order chi connectivity index (χ1) is 16.9. The minimum atomic E-state index is -0.781. The molecule has 0 spiro atoms. The number of nitrogens with one attached hydrogen (secondary N) is 1. The minimum Gasteiger partial charge on any atom is -0.497 e. The molecule has 3 aromatic carbocycles. The van der Waals surface area contributed by atoms with Crippen LogP contribution in [0.3, 0.4) is 0 Å². The monoisotopic (exact) mass is 511 g/mol. The zero-order valence-electron chi connectivity index (χ0n) is 19.8. The lowest BCUT2D eigenvalue weighted by atomic mass is 9.86. The van der Waals surface area contributed by atoms with E-state index in [9.17, 15) is 4.79 Å². The maximum absolute atomic E-state index is 13.1. The number of hydrogen-bond acceptors (Lipinski definition) is 4. The van der Waals surface area contributed by atoms with Crippen molar-refractivity contribution in [1.29, 1.82) is 0 Å². The van der Waals surface area contributed by atoms with E-state index in [1.165, 1.54) is 0 Å². The molecule has 1 aliphatic heterocycles. The summed E-state index contributed by atoms with van der Waals surface area (Å²) in [6.45, 7) is 1.95. The Morgan fingerprint density at radius 1 is 1.06 bits per heavy atom. The number of carbonyl (C=O) groups excluding carboxylic acids is 1. The molecule has 0 radical (unpaired) electrons. The van der Waals surface area contributed by atoms with Gasteiger partial charge < -0.3 is 15.8 Å². The number of nitrogens with two attached hydrogens (primary N) is 1. The van der Waals surface area contributed by atoms with Gasteiger partial charge in [0.15, 0.2) is 0 Å². The van der Waals surface area contributed by atoms with Crippen LogP contribution in [0, 0.1) is 0 Å². The zero-order chi connectivity index (χ0) is 24.8. The van der Waals surface area contributed by atoms with Gasteiger partial charge in [-0.1, -0.05) is 65.7 Å². The molecule has 35 heavy (non-hydrogen) atoms. The van der Waals surface area contributed by atoms with Crippen molar-refractivity contribution in [3.63, 3.8) is 0 Å². The Morgan fingerprint density at radius 3 is 2.40 bits per heavy atom. The lowest BCUT2D eigenvalue weighted by Gasteiger charge is -2.36. The van der Waals surface area contributed by atoms with Crippen molar-refractivity contribution in [2.45, 2.75) is 43.9 Å². The highest BCUT2D eigenvalue weighted by Gasteiger charge is 2.49. The number of aryl methyl sites for hydroxylation is 1. The van der Waals surface area contributed by atoms with Gasteiger partial charge in [0, 0.05) is 35.7 Å². The van der Waals surface area contributed by atoms with E-state index >= 15 is 0 Å². The van der Waals surface area contributed by atoms with Gasteiger partial charge in [-0.2, -0.15) is 0 Å². The smallest absolute Gasteiger partial charge is 0.238 e. The van der Waals surface area contributed by atoms with Gasteiger partial charge in [0.1, 0.15) is 11.3 Å². The highest BCUT2D eigenvalue weighted by Crippen LogP contribution is 2.36. The van der Waals surface area contributed by atoms with Crippen LogP contribution in [0.25, 0.3) is 0 Å². The number of likely N-dealkylation sites (tertiary alicyclic amines) is 1. The van der Waals surface area contributed by atoms with E-state index in [4.69, 9.17) is 33.7 Å². The van der Waals surface area contributed by atoms with Crippen LogP contribution in [0.5, 0.6) is 5.75 Å². The molecule has 0 aromatic heterocycles. The van der Waals surface area contributed by atoms with Crippen molar-refractivity contribution in [3.8, 4) is 5.75 Å². The number of hydrogen-bond donors (Lipinski definition) is 2. The van der Waals surface area contributed by atoms with Crippen LogP contribution in [0.15, 0.2) is 72.8 Å². The van der Waals surface area contributed by atoms with Gasteiger partial charge in [0.25, 0.3) is 0 Å². The predicted molar refractivity (Wildman–Crippen MR) is 142 cm³/mol. The molecule has 1 aliphatic rings. The van der Waals surface area contributed by atoms with Gasteiger partial charge in [-0.25, -0.2) is 0 Å². The maximum atomic E-state index is 13.1. The van der Waals surface area contributed by atoms with Crippen LogP contribution in [0.4, 0.5) is 0 Å². The third-order valence-electron chi connectivity index (χ3n) is 6.90. The highest BCUT2D eigenvalue weighted by atomic mass is 35.5. The van der Waals surface area contributed by atoms with E-state index in [0.29, 0.717) is 42.5 Å². The van der Waals surface area contributed by atoms with Gasteiger partial charge in [0.2, 0.25) is 5.91 Å². The fourth-order valence-corrected chi connectivity index (χ4v) is 5.20. The molecule has 5 nitrogen and oxygen atoms in total. The Kier molecular flexibility index (Phi) is 8.34. The first-order valence-corrected chi connectivity index (χ1v) is 12.5. The SMILES string of the molecule is COc1ccc(CNC2CN(Cc3ccccc3Cl)C(CCc3ccc(Cl)cc3)(C(N)=O)C2)cc1. The second kappa shape index (κ2) is 11.4. The quantitative estimate of drug-likeness (QED) is 0.391. The number of rotatable bonds is 10. The van der Waals surface area contributed by atoms with Gasteiger partial charge in [-0.3, -0.25) is 9.69 Å². The van der Waals surface area contributed by atoms with E-state index in [1.807, 2.05) is 72.8 Å². The van der Waals surface area contributed by atoms with Crippen molar-refractivity contribution in [1.82, 2.24) is 10.2 Å². The second-order valence-corrected chi connectivity index (χ2v) is 9.97. The summed E-state index contributed by atoms with van der Waals surface area (Å²) in [6, 6.07) is 23.6. The fourth-order valence-electron chi connectivity index (χ4n) is 4.87. The molecule has 0 aliphatic carbocycles. The third-order valence-corrected chi connectivity index (χ3v) is 7.52. The first-order valence-electron chi connectivity index (χ1n) is 11.8. The molecular weight excluding hydrogens is 481 g/mol. The molecule has 3 N–H and O–H groups in total. The van der Waals surface area contributed by atoms with E-state index in [1.54, 1.807) is 7.11 Å². The van der Waals surface area contributed by atoms with Gasteiger partial charge in [-0.05, 0) is 66.3 Å². The number of primary amides is 1. The molecule has 3 aromatic rings. The lowest BCUT2D eigenvalue weighted by molar-refractivity contribution is -0.129. The number of methoxy groups -OCH3 is 1. The summed E-state index contributed by atoms with van der Waals surface area (Å²) in [7, 11) is 1.66. The average molecular weight is 512 g/mol. The lowest BCUT2D eigenvalue weighted by Crippen LogP contribution is -2.53. The van der Waals surface area contributed by atoms with Crippen molar-refractivity contribution >= 4 is 29.1 Å². The van der Waals surface area contributed by atoms with Crippen molar-refractivity contribution in [2.24, 2.45) is 5.73 Å².